The lowest BCUT2D eigenvalue weighted by atomic mass is 10.1. The van der Waals surface area contributed by atoms with Gasteiger partial charge in [-0.05, 0) is 18.2 Å². The minimum absolute atomic E-state index is 0.00322. The summed E-state index contributed by atoms with van der Waals surface area (Å²) in [7, 11) is 0. The summed E-state index contributed by atoms with van der Waals surface area (Å²) in [6.45, 7) is 0. The van der Waals surface area contributed by atoms with Gasteiger partial charge in [-0.15, -0.1) is 0 Å². The van der Waals surface area contributed by atoms with E-state index in [-0.39, 0.29) is 16.9 Å². The molecule has 0 radical (unpaired) electrons. The summed E-state index contributed by atoms with van der Waals surface area (Å²) in [6.07, 6.45) is 1.62. The van der Waals surface area contributed by atoms with Crippen molar-refractivity contribution in [1.82, 2.24) is 20.1 Å². The van der Waals surface area contributed by atoms with Crippen molar-refractivity contribution in [3.8, 4) is 16.9 Å². The first-order valence-electron chi connectivity index (χ1n) is 7.07. The zero-order valence-corrected chi connectivity index (χ0v) is 12.2. The monoisotopic (exact) mass is 321 g/mol. The Hall–Kier alpha value is -3.68. The van der Waals surface area contributed by atoms with E-state index in [9.17, 15) is 14.4 Å². The lowest BCUT2D eigenvalue weighted by Crippen LogP contribution is -2.24. The van der Waals surface area contributed by atoms with Crippen molar-refractivity contribution >= 4 is 17.6 Å². The van der Waals surface area contributed by atoms with Crippen LogP contribution >= 0.6 is 0 Å². The topological polar surface area (TPSA) is 123 Å². The number of rotatable bonds is 2. The van der Waals surface area contributed by atoms with Crippen molar-refractivity contribution in [1.29, 1.82) is 0 Å². The Balaban J connectivity index is 1.94. The van der Waals surface area contributed by atoms with Crippen LogP contribution in [0.3, 0.4) is 0 Å². The van der Waals surface area contributed by atoms with Crippen LogP contribution in [0.5, 0.6) is 0 Å². The van der Waals surface area contributed by atoms with E-state index in [1.807, 2.05) is 6.07 Å². The molecule has 0 saturated carbocycles. The Morgan fingerprint density at radius 1 is 1.04 bits per heavy atom. The molecule has 8 nitrogen and oxygen atoms in total. The average Bonchev–Trinajstić information content (AvgIpc) is 3.17. The van der Waals surface area contributed by atoms with Gasteiger partial charge in [0.2, 0.25) is 0 Å². The van der Waals surface area contributed by atoms with E-state index in [4.69, 9.17) is 5.73 Å². The largest absolute Gasteiger partial charge is 0.384 e. The molecule has 8 heteroatoms. The number of amides is 2. The quantitative estimate of drug-likeness (QED) is 0.599. The summed E-state index contributed by atoms with van der Waals surface area (Å²) in [5.74, 6) is -1.29. The molecule has 0 unspecified atom stereocenters. The van der Waals surface area contributed by atoms with Crippen LogP contribution in [0.25, 0.3) is 16.9 Å². The molecule has 3 heterocycles. The lowest BCUT2D eigenvalue weighted by molar-refractivity contribution is 0.0880. The second-order valence-corrected chi connectivity index (χ2v) is 5.30. The molecule has 0 saturated heterocycles. The van der Waals surface area contributed by atoms with Crippen molar-refractivity contribution in [2.45, 2.75) is 0 Å². The Labute approximate surface area is 134 Å². The van der Waals surface area contributed by atoms with E-state index in [2.05, 4.69) is 15.5 Å². The number of anilines is 1. The van der Waals surface area contributed by atoms with Gasteiger partial charge >= 0.3 is 0 Å². The molecule has 1 aliphatic rings. The minimum Gasteiger partial charge on any atom is -0.384 e. The highest BCUT2D eigenvalue weighted by Gasteiger charge is 2.31. The van der Waals surface area contributed by atoms with Gasteiger partial charge in [-0.2, -0.15) is 5.10 Å². The number of fused-ring (bicyclic) bond motifs is 1. The molecular weight excluding hydrogens is 310 g/mol. The first kappa shape index (κ1) is 13.9. The predicted molar refractivity (Wildman–Crippen MR) is 85.8 cm³/mol. The second-order valence-electron chi connectivity index (χ2n) is 5.30. The summed E-state index contributed by atoms with van der Waals surface area (Å²) in [5.41, 5.74) is 7.62. The number of pyridine rings is 1. The van der Waals surface area contributed by atoms with E-state index in [1.165, 1.54) is 4.57 Å². The van der Waals surface area contributed by atoms with Crippen LogP contribution in [0.15, 0.2) is 47.4 Å². The fourth-order valence-electron chi connectivity index (χ4n) is 2.77. The average molecular weight is 321 g/mol. The van der Waals surface area contributed by atoms with E-state index < -0.39 is 17.4 Å². The summed E-state index contributed by atoms with van der Waals surface area (Å²) in [4.78, 5) is 36.0. The fourth-order valence-corrected chi connectivity index (χ4v) is 2.77. The molecule has 0 spiro atoms. The third-order valence-electron chi connectivity index (χ3n) is 3.87. The van der Waals surface area contributed by atoms with Gasteiger partial charge in [0, 0.05) is 17.8 Å². The van der Waals surface area contributed by atoms with Crippen LogP contribution in [0, 0.1) is 0 Å². The molecule has 2 amide bonds. The second kappa shape index (κ2) is 4.92. The van der Waals surface area contributed by atoms with Crippen LogP contribution in [0.1, 0.15) is 20.7 Å². The number of nitrogen functional groups attached to an aromatic ring is 1. The molecule has 4 N–H and O–H groups in total. The smallest absolute Gasteiger partial charge is 0.262 e. The SMILES string of the molecule is Nc1c2c(cc(=O)n1-c1cccc(-c3ccn[nH]3)c1)C(=O)NC2=O. The predicted octanol–water partition coefficient (Wildman–Crippen LogP) is 0.693. The standard InChI is InChI=1S/C16H11N5O3/c17-14-13-10(15(23)19-16(13)24)7-12(22)21(14)9-3-1-2-8(6-9)11-4-5-18-20-11/h1-7H,17H2,(H,18,20)(H,19,23,24). The zero-order chi connectivity index (χ0) is 16.8. The van der Waals surface area contributed by atoms with Crippen LogP contribution in [0.2, 0.25) is 0 Å². The number of hydrogen-bond donors (Lipinski definition) is 3. The number of aromatic amines is 1. The normalized spacial score (nSPS) is 13.0. The number of H-pyrrole nitrogens is 1. The number of nitrogens with zero attached hydrogens (tertiary/aromatic N) is 2. The molecule has 3 aromatic rings. The van der Waals surface area contributed by atoms with Crippen molar-refractivity contribution in [2.75, 3.05) is 5.73 Å². The fraction of sp³-hybridized carbons (Fsp3) is 0. The van der Waals surface area contributed by atoms with Crippen molar-refractivity contribution in [3.05, 3.63) is 64.1 Å². The number of benzene rings is 1. The summed E-state index contributed by atoms with van der Waals surface area (Å²) in [6, 6.07) is 9.96. The molecule has 4 rings (SSSR count). The molecule has 1 aliphatic heterocycles. The Morgan fingerprint density at radius 3 is 2.62 bits per heavy atom. The first-order valence-corrected chi connectivity index (χ1v) is 7.07. The Morgan fingerprint density at radius 2 is 1.88 bits per heavy atom. The Bertz CT molecular complexity index is 1050. The van der Waals surface area contributed by atoms with Gasteiger partial charge in [0.15, 0.2) is 0 Å². The maximum absolute atomic E-state index is 12.4. The summed E-state index contributed by atoms with van der Waals surface area (Å²) < 4.78 is 1.21. The van der Waals surface area contributed by atoms with E-state index in [0.29, 0.717) is 5.69 Å². The van der Waals surface area contributed by atoms with Crippen molar-refractivity contribution in [2.24, 2.45) is 0 Å². The molecule has 0 bridgehead atoms. The summed E-state index contributed by atoms with van der Waals surface area (Å²) >= 11 is 0. The summed E-state index contributed by atoms with van der Waals surface area (Å²) in [5, 5.41) is 8.87. The molecule has 0 aliphatic carbocycles. The van der Waals surface area contributed by atoms with E-state index in [0.717, 1.165) is 17.3 Å². The third-order valence-corrected chi connectivity index (χ3v) is 3.87. The van der Waals surface area contributed by atoms with Crippen LogP contribution in [-0.2, 0) is 0 Å². The Kier molecular flexibility index (Phi) is 2.86. The van der Waals surface area contributed by atoms with E-state index in [1.54, 1.807) is 30.5 Å². The van der Waals surface area contributed by atoms with Crippen LogP contribution in [0.4, 0.5) is 5.82 Å². The number of hydrogen-bond acceptors (Lipinski definition) is 5. The van der Waals surface area contributed by atoms with Crippen molar-refractivity contribution in [3.63, 3.8) is 0 Å². The minimum atomic E-state index is -0.614. The molecular formula is C16H11N5O3. The molecule has 1 aromatic carbocycles. The molecule has 0 fully saturated rings. The molecule has 0 atom stereocenters. The van der Waals surface area contributed by atoms with Gasteiger partial charge in [-0.3, -0.25) is 29.4 Å². The first-order chi connectivity index (χ1) is 11.6. The van der Waals surface area contributed by atoms with Gasteiger partial charge in [-0.1, -0.05) is 12.1 Å². The number of nitrogens with two attached hydrogens (primary N) is 1. The maximum Gasteiger partial charge on any atom is 0.262 e. The van der Waals surface area contributed by atoms with Crippen molar-refractivity contribution < 1.29 is 9.59 Å². The molecule has 2 aromatic heterocycles. The van der Waals surface area contributed by atoms with Gasteiger partial charge in [0.1, 0.15) is 5.82 Å². The number of aromatic nitrogens is 3. The van der Waals surface area contributed by atoms with Crippen LogP contribution in [-0.4, -0.2) is 26.6 Å². The van der Waals surface area contributed by atoms with Crippen LogP contribution < -0.4 is 16.6 Å². The number of imide groups is 1. The maximum atomic E-state index is 12.4. The number of nitrogens with one attached hydrogen (secondary N) is 2. The highest BCUT2D eigenvalue weighted by atomic mass is 16.2. The molecule has 24 heavy (non-hydrogen) atoms. The van der Waals surface area contributed by atoms with E-state index >= 15 is 0 Å². The van der Waals surface area contributed by atoms with Gasteiger partial charge < -0.3 is 5.73 Å². The molecule has 118 valence electrons. The zero-order valence-electron chi connectivity index (χ0n) is 12.2. The highest BCUT2D eigenvalue weighted by Crippen LogP contribution is 2.25. The van der Waals surface area contributed by atoms with Gasteiger partial charge in [-0.25, -0.2) is 0 Å². The lowest BCUT2D eigenvalue weighted by Gasteiger charge is -2.12. The van der Waals surface area contributed by atoms with Gasteiger partial charge in [0.25, 0.3) is 17.4 Å². The van der Waals surface area contributed by atoms with Gasteiger partial charge in [0.05, 0.1) is 22.5 Å². The highest BCUT2D eigenvalue weighted by molar-refractivity contribution is 6.23. The third kappa shape index (κ3) is 1.93. The number of carbonyl (C=O) groups is 2. The number of carbonyl (C=O) groups excluding carboxylic acids is 2.